The highest BCUT2D eigenvalue weighted by molar-refractivity contribution is 7.80. The third-order valence-electron chi connectivity index (χ3n) is 1.20. The smallest absolute Gasteiger partial charge is 0.166 e. The molecule has 0 aliphatic rings. The van der Waals surface area contributed by atoms with Crippen LogP contribution < -0.4 is 10.6 Å². The van der Waals surface area contributed by atoms with Crippen molar-refractivity contribution in [3.8, 4) is 0 Å². The first-order chi connectivity index (χ1) is 5.31. The molecule has 0 fully saturated rings. The van der Waals surface area contributed by atoms with Crippen LogP contribution in [0.15, 0.2) is 0 Å². The Balaban J connectivity index is 3.58. The molecule has 0 radical (unpaired) electrons. The van der Waals surface area contributed by atoms with Crippen molar-refractivity contribution in [3.05, 3.63) is 0 Å². The number of rotatable bonds is 2. The Hall–Kier alpha value is -0.310. The molecular weight excluding hydrogens is 168 g/mol. The summed E-state index contributed by atoms with van der Waals surface area (Å²) >= 11 is 5.08. The molecule has 2 N–H and O–H groups in total. The van der Waals surface area contributed by atoms with Crippen LogP contribution in [-0.4, -0.2) is 17.7 Å². The Morgan fingerprint density at radius 1 is 1.33 bits per heavy atom. The summed E-state index contributed by atoms with van der Waals surface area (Å²) in [6.45, 7) is 11.6. The van der Waals surface area contributed by atoms with Crippen molar-refractivity contribution in [2.75, 3.05) is 6.54 Å². The number of hydrogen-bond donors (Lipinski definition) is 2. The summed E-state index contributed by atoms with van der Waals surface area (Å²) < 4.78 is 0. The van der Waals surface area contributed by atoms with Gasteiger partial charge in [-0.1, -0.05) is 20.8 Å². The number of hydrogen-bond acceptors (Lipinski definition) is 1. The summed E-state index contributed by atoms with van der Waals surface area (Å²) in [6.07, 6.45) is 0. The van der Waals surface area contributed by atoms with Crippen molar-refractivity contribution in [2.24, 2.45) is 5.41 Å². The largest absolute Gasteiger partial charge is 0.362 e. The molecule has 12 heavy (non-hydrogen) atoms. The molecule has 0 aromatic heterocycles. The van der Waals surface area contributed by atoms with Gasteiger partial charge >= 0.3 is 0 Å². The summed E-state index contributed by atoms with van der Waals surface area (Å²) in [5.41, 5.74) is 0.280. The Labute approximate surface area is 81.1 Å². The average molecular weight is 188 g/mol. The Kier molecular flexibility index (Phi) is 4.53. The van der Waals surface area contributed by atoms with E-state index in [-0.39, 0.29) is 5.41 Å². The summed E-state index contributed by atoms with van der Waals surface area (Å²) in [7, 11) is 0. The maximum absolute atomic E-state index is 5.08. The highest BCUT2D eigenvalue weighted by Gasteiger charge is 2.10. The first-order valence-electron chi connectivity index (χ1n) is 4.35. The van der Waals surface area contributed by atoms with Crippen molar-refractivity contribution < 1.29 is 0 Å². The maximum Gasteiger partial charge on any atom is 0.166 e. The molecular formula is C9H20N2S. The molecule has 0 heterocycles. The van der Waals surface area contributed by atoms with Crippen molar-refractivity contribution >= 4 is 17.3 Å². The summed E-state index contributed by atoms with van der Waals surface area (Å²) in [5, 5.41) is 7.06. The molecule has 0 bridgehead atoms. The molecule has 0 atom stereocenters. The standard InChI is InChI=1S/C9H20N2S/c1-7(2)11-8(12)10-6-9(3,4)5/h7H,6H2,1-5H3,(H2,10,11,12). The molecule has 0 unspecified atom stereocenters. The van der Waals surface area contributed by atoms with Crippen LogP contribution in [0.4, 0.5) is 0 Å². The van der Waals surface area contributed by atoms with Gasteiger partial charge in [0.2, 0.25) is 0 Å². The average Bonchev–Trinajstić information content (AvgIpc) is 1.80. The van der Waals surface area contributed by atoms with Gasteiger partial charge < -0.3 is 10.6 Å². The van der Waals surface area contributed by atoms with Crippen molar-refractivity contribution in [2.45, 2.75) is 40.7 Å². The zero-order valence-corrected chi connectivity index (χ0v) is 9.51. The second-order valence-electron chi connectivity index (χ2n) is 4.54. The zero-order valence-electron chi connectivity index (χ0n) is 8.69. The van der Waals surface area contributed by atoms with Crippen LogP contribution >= 0.6 is 12.2 Å². The highest BCUT2D eigenvalue weighted by atomic mass is 32.1. The third-order valence-corrected chi connectivity index (χ3v) is 1.46. The van der Waals surface area contributed by atoms with E-state index in [1.54, 1.807) is 0 Å². The van der Waals surface area contributed by atoms with Gasteiger partial charge in [-0.3, -0.25) is 0 Å². The van der Waals surface area contributed by atoms with Gasteiger partial charge in [-0.05, 0) is 31.5 Å². The third kappa shape index (κ3) is 7.79. The van der Waals surface area contributed by atoms with Gasteiger partial charge in [-0.2, -0.15) is 0 Å². The lowest BCUT2D eigenvalue weighted by atomic mass is 9.97. The van der Waals surface area contributed by atoms with E-state index in [2.05, 4.69) is 45.3 Å². The highest BCUT2D eigenvalue weighted by Crippen LogP contribution is 2.09. The minimum absolute atomic E-state index is 0.280. The van der Waals surface area contributed by atoms with E-state index in [1.165, 1.54) is 0 Å². The Morgan fingerprint density at radius 3 is 2.17 bits per heavy atom. The molecule has 0 aliphatic carbocycles. The maximum atomic E-state index is 5.08. The molecule has 2 nitrogen and oxygen atoms in total. The fraction of sp³-hybridized carbons (Fsp3) is 0.889. The second-order valence-corrected chi connectivity index (χ2v) is 4.95. The molecule has 0 saturated carbocycles. The van der Waals surface area contributed by atoms with Gasteiger partial charge in [-0.15, -0.1) is 0 Å². The summed E-state index contributed by atoms with van der Waals surface area (Å²) in [6, 6.07) is 0.407. The fourth-order valence-corrected chi connectivity index (χ4v) is 0.967. The Morgan fingerprint density at radius 2 is 1.83 bits per heavy atom. The fourth-order valence-electron chi connectivity index (χ4n) is 0.659. The molecule has 0 aromatic rings. The van der Waals surface area contributed by atoms with E-state index in [0.717, 1.165) is 11.7 Å². The van der Waals surface area contributed by atoms with Crippen molar-refractivity contribution in [1.29, 1.82) is 0 Å². The quantitative estimate of drug-likeness (QED) is 0.647. The van der Waals surface area contributed by atoms with Crippen molar-refractivity contribution in [1.82, 2.24) is 10.6 Å². The number of nitrogens with one attached hydrogen (secondary N) is 2. The van der Waals surface area contributed by atoms with Gasteiger partial charge in [0.05, 0.1) is 0 Å². The molecule has 0 aliphatic heterocycles. The first kappa shape index (κ1) is 11.7. The van der Waals surface area contributed by atoms with E-state index in [1.807, 2.05) is 0 Å². The lowest BCUT2D eigenvalue weighted by Crippen LogP contribution is -2.42. The van der Waals surface area contributed by atoms with Gasteiger partial charge in [0.1, 0.15) is 0 Å². The lowest BCUT2D eigenvalue weighted by molar-refractivity contribution is 0.407. The molecule has 0 spiro atoms. The van der Waals surface area contributed by atoms with Crippen LogP contribution in [0.5, 0.6) is 0 Å². The SMILES string of the molecule is CC(C)NC(=S)NCC(C)(C)C. The van der Waals surface area contributed by atoms with Crippen LogP contribution in [0.2, 0.25) is 0 Å². The topological polar surface area (TPSA) is 24.1 Å². The van der Waals surface area contributed by atoms with E-state index in [4.69, 9.17) is 12.2 Å². The van der Waals surface area contributed by atoms with Crippen LogP contribution in [-0.2, 0) is 0 Å². The van der Waals surface area contributed by atoms with Crippen molar-refractivity contribution in [3.63, 3.8) is 0 Å². The minimum Gasteiger partial charge on any atom is -0.362 e. The number of thiocarbonyl (C=S) groups is 1. The van der Waals surface area contributed by atoms with Crippen LogP contribution in [0, 0.1) is 5.41 Å². The molecule has 0 rings (SSSR count). The molecule has 0 saturated heterocycles. The van der Waals surface area contributed by atoms with Crippen LogP contribution in [0.3, 0.4) is 0 Å². The molecule has 0 aromatic carbocycles. The van der Waals surface area contributed by atoms with Gasteiger partial charge in [0.25, 0.3) is 0 Å². The first-order valence-corrected chi connectivity index (χ1v) is 4.76. The monoisotopic (exact) mass is 188 g/mol. The normalized spacial score (nSPS) is 11.5. The Bertz CT molecular complexity index is 147. The molecule has 3 heteroatoms. The summed E-state index contributed by atoms with van der Waals surface area (Å²) in [4.78, 5) is 0. The second kappa shape index (κ2) is 4.65. The zero-order chi connectivity index (χ0) is 9.78. The van der Waals surface area contributed by atoms with Crippen LogP contribution in [0.1, 0.15) is 34.6 Å². The van der Waals surface area contributed by atoms with Crippen LogP contribution in [0.25, 0.3) is 0 Å². The predicted molar refractivity (Wildman–Crippen MR) is 58.3 cm³/mol. The van der Waals surface area contributed by atoms with Gasteiger partial charge in [0, 0.05) is 12.6 Å². The van der Waals surface area contributed by atoms with E-state index < -0.39 is 0 Å². The van der Waals surface area contributed by atoms with Gasteiger partial charge in [0.15, 0.2) is 5.11 Å². The van der Waals surface area contributed by atoms with Gasteiger partial charge in [-0.25, -0.2) is 0 Å². The molecule has 0 amide bonds. The minimum atomic E-state index is 0.280. The predicted octanol–water partition coefficient (Wildman–Crippen LogP) is 1.91. The van der Waals surface area contributed by atoms with E-state index in [9.17, 15) is 0 Å². The van der Waals surface area contributed by atoms with E-state index in [0.29, 0.717) is 6.04 Å². The molecule has 72 valence electrons. The lowest BCUT2D eigenvalue weighted by Gasteiger charge is -2.21. The van der Waals surface area contributed by atoms with E-state index >= 15 is 0 Å². The summed E-state index contributed by atoms with van der Waals surface area (Å²) in [5.74, 6) is 0.